The predicted molar refractivity (Wildman–Crippen MR) is 112 cm³/mol. The summed E-state index contributed by atoms with van der Waals surface area (Å²) in [7, 11) is 1.45. The fourth-order valence-electron chi connectivity index (χ4n) is 3.78. The summed E-state index contributed by atoms with van der Waals surface area (Å²) in [6, 6.07) is 16.0. The molecule has 1 aliphatic carbocycles. The van der Waals surface area contributed by atoms with E-state index in [1.54, 1.807) is 0 Å². The van der Waals surface area contributed by atoms with Gasteiger partial charge in [0.05, 0.1) is 11.9 Å². The molecule has 9 nitrogen and oxygen atoms in total. The third-order valence-corrected chi connectivity index (χ3v) is 5.15. The standard InChI is InChI=1S/C22H20N4O5/c1-26-20(21(28)29)18(10-24-26)25-19(27)11-23-22(30)31-12-17-15-8-4-2-6-13(15)14-7-3-5-9-16(14)17/h2-10,17H,11-12H2,1H3,(H,23,30)(H,25,27)(H,28,29). The van der Waals surface area contributed by atoms with E-state index < -0.39 is 18.0 Å². The van der Waals surface area contributed by atoms with Crippen molar-refractivity contribution in [1.82, 2.24) is 15.1 Å². The third kappa shape index (κ3) is 3.97. The lowest BCUT2D eigenvalue weighted by atomic mass is 9.98. The van der Waals surface area contributed by atoms with Gasteiger partial charge in [-0.3, -0.25) is 9.48 Å². The van der Waals surface area contributed by atoms with E-state index in [4.69, 9.17) is 4.74 Å². The van der Waals surface area contributed by atoms with Gasteiger partial charge in [0.25, 0.3) is 0 Å². The van der Waals surface area contributed by atoms with Gasteiger partial charge in [0.2, 0.25) is 5.91 Å². The smallest absolute Gasteiger partial charge is 0.407 e. The first-order chi connectivity index (χ1) is 15.0. The molecule has 3 aromatic rings. The maximum atomic E-state index is 12.1. The molecule has 2 aromatic carbocycles. The van der Waals surface area contributed by atoms with Gasteiger partial charge < -0.3 is 20.5 Å². The van der Waals surface area contributed by atoms with Gasteiger partial charge in [-0.2, -0.15) is 5.10 Å². The van der Waals surface area contributed by atoms with Crippen LogP contribution in [-0.2, 0) is 16.6 Å². The van der Waals surface area contributed by atoms with Gasteiger partial charge in [0, 0.05) is 13.0 Å². The molecule has 3 N–H and O–H groups in total. The summed E-state index contributed by atoms with van der Waals surface area (Å²) in [6.07, 6.45) is 0.496. The van der Waals surface area contributed by atoms with Crippen LogP contribution in [0.5, 0.6) is 0 Å². The molecule has 0 bridgehead atoms. The lowest BCUT2D eigenvalue weighted by Crippen LogP contribution is -2.34. The van der Waals surface area contributed by atoms with E-state index >= 15 is 0 Å². The van der Waals surface area contributed by atoms with Crippen LogP contribution in [0.3, 0.4) is 0 Å². The summed E-state index contributed by atoms with van der Waals surface area (Å²) in [5, 5.41) is 17.8. The number of nitrogens with one attached hydrogen (secondary N) is 2. The Kier molecular flexibility index (Phi) is 5.40. The maximum absolute atomic E-state index is 12.1. The van der Waals surface area contributed by atoms with Gasteiger partial charge in [-0.15, -0.1) is 0 Å². The van der Waals surface area contributed by atoms with Crippen molar-refractivity contribution >= 4 is 23.7 Å². The number of carbonyl (C=O) groups excluding carboxylic acids is 2. The van der Waals surface area contributed by atoms with Gasteiger partial charge in [0.1, 0.15) is 13.2 Å². The second-order valence-corrected chi connectivity index (χ2v) is 7.06. The lowest BCUT2D eigenvalue weighted by molar-refractivity contribution is -0.115. The number of benzene rings is 2. The van der Waals surface area contributed by atoms with Crippen molar-refractivity contribution in [2.75, 3.05) is 18.5 Å². The number of ether oxygens (including phenoxy) is 1. The van der Waals surface area contributed by atoms with Crippen LogP contribution in [0.2, 0.25) is 0 Å². The highest BCUT2D eigenvalue weighted by molar-refractivity contribution is 6.00. The number of hydrogen-bond donors (Lipinski definition) is 3. The number of carboxylic acids is 1. The van der Waals surface area contributed by atoms with Crippen LogP contribution < -0.4 is 10.6 Å². The van der Waals surface area contributed by atoms with Crippen molar-refractivity contribution in [2.45, 2.75) is 5.92 Å². The predicted octanol–water partition coefficient (Wildman–Crippen LogP) is 2.60. The molecular weight excluding hydrogens is 400 g/mol. The normalized spacial score (nSPS) is 12.0. The van der Waals surface area contributed by atoms with Crippen molar-refractivity contribution in [2.24, 2.45) is 7.05 Å². The van der Waals surface area contributed by atoms with E-state index in [-0.39, 0.29) is 30.5 Å². The van der Waals surface area contributed by atoms with E-state index in [1.807, 2.05) is 48.5 Å². The molecule has 0 saturated heterocycles. The summed E-state index contributed by atoms with van der Waals surface area (Å²) < 4.78 is 6.50. The zero-order valence-corrected chi connectivity index (χ0v) is 16.7. The number of hydrogen-bond acceptors (Lipinski definition) is 5. The topological polar surface area (TPSA) is 123 Å². The number of nitrogens with zero attached hydrogens (tertiary/aromatic N) is 2. The summed E-state index contributed by atoms with van der Waals surface area (Å²) in [5.74, 6) is -1.90. The minimum absolute atomic E-state index is 0.0503. The van der Waals surface area contributed by atoms with Gasteiger partial charge in [-0.05, 0) is 22.3 Å². The largest absolute Gasteiger partial charge is 0.476 e. The summed E-state index contributed by atoms with van der Waals surface area (Å²) in [4.78, 5) is 35.4. The van der Waals surface area contributed by atoms with E-state index in [0.717, 1.165) is 26.9 Å². The number of alkyl carbamates (subject to hydrolysis) is 1. The molecular formula is C22H20N4O5. The molecule has 4 rings (SSSR count). The third-order valence-electron chi connectivity index (χ3n) is 5.15. The maximum Gasteiger partial charge on any atom is 0.407 e. The molecule has 1 aromatic heterocycles. The highest BCUT2D eigenvalue weighted by Gasteiger charge is 2.29. The molecule has 0 unspecified atom stereocenters. The quantitative estimate of drug-likeness (QED) is 0.563. The number of carbonyl (C=O) groups is 3. The number of aromatic carboxylic acids is 1. The molecule has 0 fully saturated rings. The molecule has 31 heavy (non-hydrogen) atoms. The van der Waals surface area contributed by atoms with Crippen molar-refractivity contribution in [3.63, 3.8) is 0 Å². The zero-order chi connectivity index (χ0) is 22.0. The Labute approximate surface area is 177 Å². The Morgan fingerprint density at radius 1 is 1.06 bits per heavy atom. The number of fused-ring (bicyclic) bond motifs is 3. The van der Waals surface area contributed by atoms with E-state index in [9.17, 15) is 19.5 Å². The van der Waals surface area contributed by atoms with Crippen LogP contribution >= 0.6 is 0 Å². The molecule has 0 saturated carbocycles. The minimum atomic E-state index is -1.22. The lowest BCUT2D eigenvalue weighted by Gasteiger charge is -2.14. The molecule has 2 amide bonds. The Hall–Kier alpha value is -4.14. The van der Waals surface area contributed by atoms with Crippen LogP contribution in [0.4, 0.5) is 10.5 Å². The summed E-state index contributed by atoms with van der Waals surface area (Å²) >= 11 is 0. The van der Waals surface area contributed by atoms with E-state index in [0.29, 0.717) is 0 Å². The average molecular weight is 420 g/mol. The fraction of sp³-hybridized carbons (Fsp3) is 0.182. The number of aryl methyl sites for hydroxylation is 1. The first kappa shape index (κ1) is 20.1. The molecule has 0 radical (unpaired) electrons. The van der Waals surface area contributed by atoms with Crippen LogP contribution in [0, 0.1) is 0 Å². The van der Waals surface area contributed by atoms with Crippen molar-refractivity contribution in [3.8, 4) is 11.1 Å². The molecule has 9 heteroatoms. The molecule has 0 atom stereocenters. The Morgan fingerprint density at radius 3 is 2.29 bits per heavy atom. The van der Waals surface area contributed by atoms with Gasteiger partial charge in [-0.1, -0.05) is 48.5 Å². The van der Waals surface area contributed by atoms with Crippen LogP contribution in [0.25, 0.3) is 11.1 Å². The Bertz CT molecular complexity index is 1120. The highest BCUT2D eigenvalue weighted by atomic mass is 16.5. The molecule has 1 heterocycles. The SMILES string of the molecule is Cn1ncc(NC(=O)CNC(=O)OCC2c3ccccc3-c3ccccc32)c1C(=O)O. The Morgan fingerprint density at radius 2 is 1.68 bits per heavy atom. The Balaban J connectivity index is 1.33. The fourth-order valence-corrected chi connectivity index (χ4v) is 3.78. The number of anilines is 1. The first-order valence-corrected chi connectivity index (χ1v) is 9.59. The molecule has 0 aliphatic heterocycles. The highest BCUT2D eigenvalue weighted by Crippen LogP contribution is 2.44. The minimum Gasteiger partial charge on any atom is -0.476 e. The average Bonchev–Trinajstić information content (AvgIpc) is 3.28. The number of rotatable bonds is 6. The zero-order valence-electron chi connectivity index (χ0n) is 16.7. The van der Waals surface area contributed by atoms with E-state index in [2.05, 4.69) is 15.7 Å². The van der Waals surface area contributed by atoms with Crippen LogP contribution in [0.15, 0.2) is 54.7 Å². The molecule has 0 spiro atoms. The molecule has 1 aliphatic rings. The second kappa shape index (κ2) is 8.31. The number of amides is 2. The number of carboxylic acid groups (broad SMARTS) is 1. The van der Waals surface area contributed by atoms with Gasteiger partial charge >= 0.3 is 12.1 Å². The van der Waals surface area contributed by atoms with Crippen LogP contribution in [-0.4, -0.2) is 46.0 Å². The van der Waals surface area contributed by atoms with Crippen molar-refractivity contribution in [1.29, 1.82) is 0 Å². The van der Waals surface area contributed by atoms with Crippen molar-refractivity contribution < 1.29 is 24.2 Å². The first-order valence-electron chi connectivity index (χ1n) is 9.59. The molecule has 158 valence electrons. The van der Waals surface area contributed by atoms with E-state index in [1.165, 1.54) is 13.2 Å². The van der Waals surface area contributed by atoms with Gasteiger partial charge in [-0.25, -0.2) is 9.59 Å². The monoisotopic (exact) mass is 420 g/mol. The number of aromatic nitrogens is 2. The summed E-state index contributed by atoms with van der Waals surface area (Å²) in [6.45, 7) is -0.238. The van der Waals surface area contributed by atoms with Gasteiger partial charge in [0.15, 0.2) is 5.69 Å². The summed E-state index contributed by atoms with van der Waals surface area (Å²) in [5.41, 5.74) is 4.32. The van der Waals surface area contributed by atoms with Crippen molar-refractivity contribution in [3.05, 3.63) is 71.5 Å². The van der Waals surface area contributed by atoms with Crippen LogP contribution in [0.1, 0.15) is 27.5 Å². The second-order valence-electron chi connectivity index (χ2n) is 7.06.